The summed E-state index contributed by atoms with van der Waals surface area (Å²) in [5.41, 5.74) is 1.78. The zero-order chi connectivity index (χ0) is 20.4. The molecule has 4 rings (SSSR count). The molecule has 1 aromatic carbocycles. The van der Waals surface area contributed by atoms with Gasteiger partial charge in [0.2, 0.25) is 0 Å². The molecule has 8 heteroatoms. The van der Waals surface area contributed by atoms with E-state index in [4.69, 9.17) is 4.74 Å². The summed E-state index contributed by atoms with van der Waals surface area (Å²) in [6, 6.07) is 7.26. The lowest BCUT2D eigenvalue weighted by Gasteiger charge is -2.32. The minimum Gasteiger partial charge on any atom is -0.495 e. The molecule has 2 aliphatic rings. The maximum Gasteiger partial charge on any atom is 0.289 e. The van der Waals surface area contributed by atoms with Gasteiger partial charge in [0.15, 0.2) is 11.5 Å². The number of hydrogen-bond donors (Lipinski definition) is 1. The Morgan fingerprint density at radius 3 is 2.59 bits per heavy atom. The van der Waals surface area contributed by atoms with Crippen LogP contribution in [0.3, 0.4) is 0 Å². The lowest BCUT2D eigenvalue weighted by Crippen LogP contribution is -2.47. The third kappa shape index (κ3) is 3.85. The number of fused-ring (bicyclic) bond motifs is 1. The second-order valence-corrected chi connectivity index (χ2v) is 7.59. The van der Waals surface area contributed by atoms with Gasteiger partial charge in [0.25, 0.3) is 11.8 Å². The summed E-state index contributed by atoms with van der Waals surface area (Å²) < 4.78 is 7.27. The fourth-order valence-corrected chi connectivity index (χ4v) is 3.97. The first-order valence-corrected chi connectivity index (χ1v) is 10.1. The number of para-hydroxylation sites is 2. The number of ether oxygens (including phenoxy) is 1. The number of imidazole rings is 1. The Hall–Kier alpha value is -2.87. The van der Waals surface area contributed by atoms with E-state index in [1.54, 1.807) is 19.2 Å². The van der Waals surface area contributed by atoms with E-state index < -0.39 is 0 Å². The summed E-state index contributed by atoms with van der Waals surface area (Å²) in [7, 11) is 3.62. The van der Waals surface area contributed by atoms with Gasteiger partial charge in [-0.3, -0.25) is 9.59 Å². The molecule has 1 fully saturated rings. The van der Waals surface area contributed by atoms with E-state index in [-0.39, 0.29) is 11.8 Å². The van der Waals surface area contributed by atoms with Crippen molar-refractivity contribution in [1.82, 2.24) is 19.4 Å². The van der Waals surface area contributed by atoms with Crippen LogP contribution in [0.25, 0.3) is 0 Å². The predicted molar refractivity (Wildman–Crippen MR) is 110 cm³/mol. The molecule has 1 saturated heterocycles. The fraction of sp³-hybridized carbons (Fsp3) is 0.476. The summed E-state index contributed by atoms with van der Waals surface area (Å²) in [6.07, 6.45) is 2.72. The van der Waals surface area contributed by atoms with Crippen molar-refractivity contribution in [3.63, 3.8) is 0 Å². The number of piperazine rings is 1. The van der Waals surface area contributed by atoms with Gasteiger partial charge in [0.1, 0.15) is 5.75 Å². The zero-order valence-corrected chi connectivity index (χ0v) is 17.0. The highest BCUT2D eigenvalue weighted by atomic mass is 16.5. The number of aromatic nitrogens is 2. The van der Waals surface area contributed by atoms with Crippen molar-refractivity contribution in [3.05, 3.63) is 41.5 Å². The number of anilines is 1. The van der Waals surface area contributed by atoms with Crippen molar-refractivity contribution in [2.75, 3.05) is 45.7 Å². The van der Waals surface area contributed by atoms with Crippen molar-refractivity contribution >= 4 is 17.5 Å². The molecule has 0 radical (unpaired) electrons. The number of carbonyl (C=O) groups is 2. The van der Waals surface area contributed by atoms with Gasteiger partial charge >= 0.3 is 0 Å². The molecular formula is C21H27N5O3. The number of methoxy groups -OCH3 is 1. The Bertz CT molecular complexity index is 915. The number of carbonyl (C=O) groups excluding carboxylic acids is 2. The van der Waals surface area contributed by atoms with Gasteiger partial charge in [-0.25, -0.2) is 4.98 Å². The second-order valence-electron chi connectivity index (χ2n) is 7.59. The van der Waals surface area contributed by atoms with Crippen molar-refractivity contribution < 1.29 is 14.3 Å². The molecule has 2 amide bonds. The maximum atomic E-state index is 13.1. The highest BCUT2D eigenvalue weighted by molar-refractivity contribution is 6.05. The van der Waals surface area contributed by atoms with Crippen LogP contribution in [-0.2, 0) is 13.0 Å². The first kappa shape index (κ1) is 19.4. The number of amides is 2. The molecule has 0 unspecified atom stereocenters. The monoisotopic (exact) mass is 397 g/mol. The molecule has 2 aromatic rings. The second kappa shape index (κ2) is 8.24. The highest BCUT2D eigenvalue weighted by Crippen LogP contribution is 2.26. The number of nitrogens with zero attached hydrogens (tertiary/aromatic N) is 4. The zero-order valence-electron chi connectivity index (χ0n) is 17.0. The Kier molecular flexibility index (Phi) is 5.53. The smallest absolute Gasteiger partial charge is 0.289 e. The third-order valence-corrected chi connectivity index (χ3v) is 5.67. The first-order chi connectivity index (χ1) is 14.1. The van der Waals surface area contributed by atoms with E-state index in [1.165, 1.54) is 0 Å². The molecule has 154 valence electrons. The van der Waals surface area contributed by atoms with E-state index in [1.807, 2.05) is 21.6 Å². The average Bonchev–Trinajstić information content (AvgIpc) is 3.14. The standard InChI is InChI=1S/C21H27N5O3/c1-24-11-13-25(14-12-24)21(28)19-23-18(16-8-5-6-10-26(16)19)20(27)22-15-7-3-4-9-17(15)29-2/h3-4,7,9H,5-6,8,10-14H2,1-2H3,(H,22,27). The number of nitrogens with one attached hydrogen (secondary N) is 1. The molecule has 0 bridgehead atoms. The summed E-state index contributed by atoms with van der Waals surface area (Å²) in [5.74, 6) is 0.576. The first-order valence-electron chi connectivity index (χ1n) is 10.1. The van der Waals surface area contributed by atoms with Gasteiger partial charge in [-0.1, -0.05) is 12.1 Å². The van der Waals surface area contributed by atoms with Crippen molar-refractivity contribution in [2.24, 2.45) is 0 Å². The summed E-state index contributed by atoms with van der Waals surface area (Å²) in [4.78, 5) is 34.8. The molecule has 8 nitrogen and oxygen atoms in total. The molecule has 0 saturated carbocycles. The SMILES string of the molecule is COc1ccccc1NC(=O)c1nc(C(=O)N2CCN(C)CC2)n2c1CCCC2. The molecular weight excluding hydrogens is 370 g/mol. The van der Waals surface area contributed by atoms with Gasteiger partial charge in [-0.15, -0.1) is 0 Å². The van der Waals surface area contributed by atoms with Gasteiger partial charge in [0.05, 0.1) is 18.5 Å². The Labute approximate surface area is 170 Å². The van der Waals surface area contributed by atoms with Gasteiger partial charge in [-0.05, 0) is 38.4 Å². The van der Waals surface area contributed by atoms with Crippen LogP contribution in [0.15, 0.2) is 24.3 Å². The molecule has 3 heterocycles. The highest BCUT2D eigenvalue weighted by Gasteiger charge is 2.31. The van der Waals surface area contributed by atoms with Crippen LogP contribution in [0.5, 0.6) is 5.75 Å². The number of rotatable bonds is 4. The maximum absolute atomic E-state index is 13.1. The van der Waals surface area contributed by atoms with Crippen LogP contribution in [0, 0.1) is 0 Å². The van der Waals surface area contributed by atoms with Crippen LogP contribution in [0.1, 0.15) is 39.6 Å². The molecule has 2 aliphatic heterocycles. The average molecular weight is 397 g/mol. The third-order valence-electron chi connectivity index (χ3n) is 5.67. The van der Waals surface area contributed by atoms with E-state index in [0.717, 1.165) is 44.6 Å². The van der Waals surface area contributed by atoms with Gasteiger partial charge in [0, 0.05) is 32.7 Å². The Balaban J connectivity index is 1.62. The van der Waals surface area contributed by atoms with Crippen LogP contribution in [-0.4, -0.2) is 71.5 Å². The lowest BCUT2D eigenvalue weighted by molar-refractivity contribution is 0.0645. The summed E-state index contributed by atoms with van der Waals surface area (Å²) >= 11 is 0. The fourth-order valence-electron chi connectivity index (χ4n) is 3.97. The normalized spacial score (nSPS) is 17.0. The minimum atomic E-state index is -0.308. The summed E-state index contributed by atoms with van der Waals surface area (Å²) in [6.45, 7) is 3.78. The van der Waals surface area contributed by atoms with E-state index >= 15 is 0 Å². The van der Waals surface area contributed by atoms with Gasteiger partial charge in [-0.2, -0.15) is 0 Å². The topological polar surface area (TPSA) is 79.7 Å². The molecule has 1 N–H and O–H groups in total. The van der Waals surface area contributed by atoms with E-state index in [2.05, 4.69) is 22.2 Å². The van der Waals surface area contributed by atoms with Crippen LogP contribution in [0.4, 0.5) is 5.69 Å². The predicted octanol–water partition coefficient (Wildman–Crippen LogP) is 1.87. The molecule has 1 aromatic heterocycles. The molecule has 0 atom stereocenters. The van der Waals surface area contributed by atoms with E-state index in [0.29, 0.717) is 36.0 Å². The Morgan fingerprint density at radius 2 is 1.83 bits per heavy atom. The van der Waals surface area contributed by atoms with Crippen LogP contribution in [0.2, 0.25) is 0 Å². The van der Waals surface area contributed by atoms with Crippen molar-refractivity contribution in [1.29, 1.82) is 0 Å². The molecule has 0 aliphatic carbocycles. The minimum absolute atomic E-state index is 0.0856. The number of hydrogen-bond acceptors (Lipinski definition) is 5. The van der Waals surface area contributed by atoms with Crippen LogP contribution < -0.4 is 10.1 Å². The quantitative estimate of drug-likeness (QED) is 0.852. The molecule has 29 heavy (non-hydrogen) atoms. The lowest BCUT2D eigenvalue weighted by atomic mass is 10.1. The van der Waals surface area contributed by atoms with E-state index in [9.17, 15) is 9.59 Å². The summed E-state index contributed by atoms with van der Waals surface area (Å²) in [5, 5.41) is 2.89. The van der Waals surface area contributed by atoms with Gasteiger partial charge < -0.3 is 24.4 Å². The van der Waals surface area contributed by atoms with Crippen LogP contribution >= 0.6 is 0 Å². The van der Waals surface area contributed by atoms with Crippen molar-refractivity contribution in [2.45, 2.75) is 25.8 Å². The molecule has 0 spiro atoms. The van der Waals surface area contributed by atoms with Crippen molar-refractivity contribution in [3.8, 4) is 5.75 Å². The number of likely N-dealkylation sites (N-methyl/N-ethyl adjacent to an activating group) is 1. The largest absolute Gasteiger partial charge is 0.495 e. The Morgan fingerprint density at radius 1 is 1.07 bits per heavy atom. The number of benzene rings is 1.